The Morgan fingerprint density at radius 2 is 1.69 bits per heavy atom. The van der Waals surface area contributed by atoms with Gasteiger partial charge in [0.15, 0.2) is 5.76 Å². The highest BCUT2D eigenvalue weighted by atomic mass is 16.5. The molecule has 174 valence electrons. The molecule has 0 unspecified atom stereocenters. The monoisotopic (exact) mass is 464 g/mol. The maximum Gasteiger partial charge on any atom is 0.250 e. The van der Waals surface area contributed by atoms with E-state index in [1.807, 2.05) is 73.1 Å². The van der Waals surface area contributed by atoms with Crippen LogP contribution in [-0.4, -0.2) is 25.6 Å². The predicted octanol–water partition coefficient (Wildman–Crippen LogP) is 5.36. The lowest BCUT2D eigenvalue weighted by Crippen LogP contribution is -2.11. The number of aromatic nitrogens is 4. The Morgan fingerprint density at radius 3 is 2.31 bits per heavy atom. The van der Waals surface area contributed by atoms with Crippen molar-refractivity contribution in [3.8, 4) is 33.7 Å². The Labute approximate surface area is 202 Å². The van der Waals surface area contributed by atoms with Gasteiger partial charge >= 0.3 is 0 Å². The molecule has 3 aromatic heterocycles. The molecular formula is C27H24N6O2. The number of nitrogen functional groups attached to an aromatic ring is 1. The quantitative estimate of drug-likeness (QED) is 0.339. The minimum Gasteiger partial charge on any atom is -0.383 e. The first kappa shape index (κ1) is 22.1. The second kappa shape index (κ2) is 8.57. The van der Waals surface area contributed by atoms with E-state index in [0.29, 0.717) is 22.8 Å². The third-order valence-electron chi connectivity index (χ3n) is 5.89. The summed E-state index contributed by atoms with van der Waals surface area (Å²) in [6.07, 6.45) is 1.47. The molecule has 0 saturated heterocycles. The van der Waals surface area contributed by atoms with E-state index in [2.05, 4.69) is 27.0 Å². The van der Waals surface area contributed by atoms with Crippen LogP contribution >= 0.6 is 0 Å². The summed E-state index contributed by atoms with van der Waals surface area (Å²) in [7, 11) is 1.95. The summed E-state index contributed by atoms with van der Waals surface area (Å²) in [4.78, 5) is 20.7. The van der Waals surface area contributed by atoms with Crippen molar-refractivity contribution in [3.05, 3.63) is 78.8 Å². The number of rotatable bonds is 5. The van der Waals surface area contributed by atoms with Gasteiger partial charge in [0, 0.05) is 35.5 Å². The van der Waals surface area contributed by atoms with Crippen LogP contribution in [0.5, 0.6) is 0 Å². The number of nitrogens with zero attached hydrogens (tertiary/aromatic N) is 4. The van der Waals surface area contributed by atoms with Gasteiger partial charge in [0.1, 0.15) is 17.8 Å². The fraction of sp³-hybridized carbons (Fsp3) is 0.111. The minimum absolute atomic E-state index is 0.215. The number of hydrogen-bond acceptors (Lipinski definition) is 6. The van der Waals surface area contributed by atoms with Gasteiger partial charge in [-0.25, -0.2) is 9.97 Å². The molecule has 3 heterocycles. The second-order valence-electron chi connectivity index (χ2n) is 8.46. The Morgan fingerprint density at radius 1 is 1.03 bits per heavy atom. The van der Waals surface area contributed by atoms with Gasteiger partial charge in [-0.1, -0.05) is 48.1 Å². The predicted molar refractivity (Wildman–Crippen MR) is 137 cm³/mol. The molecule has 8 nitrogen and oxygen atoms in total. The molecule has 3 N–H and O–H groups in total. The van der Waals surface area contributed by atoms with Crippen LogP contribution in [0.4, 0.5) is 11.5 Å². The molecule has 2 aromatic carbocycles. The van der Waals surface area contributed by atoms with Gasteiger partial charge in [0.2, 0.25) is 0 Å². The molecule has 5 aromatic rings. The molecule has 0 bridgehead atoms. The molecule has 0 aliphatic heterocycles. The third kappa shape index (κ3) is 3.95. The molecule has 0 atom stereocenters. The number of hydrogen-bond donors (Lipinski definition) is 2. The van der Waals surface area contributed by atoms with Gasteiger partial charge in [0.25, 0.3) is 5.91 Å². The lowest BCUT2D eigenvalue weighted by atomic mass is 9.97. The number of fused-ring (bicyclic) bond motifs is 1. The van der Waals surface area contributed by atoms with E-state index in [-0.39, 0.29) is 5.91 Å². The highest BCUT2D eigenvalue weighted by molar-refractivity contribution is 6.08. The van der Waals surface area contributed by atoms with Gasteiger partial charge in [0.05, 0.1) is 16.8 Å². The van der Waals surface area contributed by atoms with Gasteiger partial charge < -0.3 is 20.1 Å². The number of nitrogens with one attached hydrogen (secondary N) is 1. The molecule has 8 heteroatoms. The number of carbonyl (C=O) groups excluding carboxylic acids is 1. The first-order valence-corrected chi connectivity index (χ1v) is 11.0. The standard InChI is InChI=1S/C27H24N6O2/c1-15(2)27(34)31-20-11-9-19(10-12-20)24-22(23-25(28)29-14-30-26(23)33(24)4)18-7-5-17(6-8-18)21-13-16(3)32-35-21/h5-14H,1H2,2-4H3,(H,31,34)(H2,28,29,30). The maximum atomic E-state index is 12.0. The Bertz CT molecular complexity index is 1580. The van der Waals surface area contributed by atoms with Crippen molar-refractivity contribution >= 4 is 28.4 Å². The van der Waals surface area contributed by atoms with Gasteiger partial charge in [-0.3, -0.25) is 4.79 Å². The first-order valence-electron chi connectivity index (χ1n) is 11.0. The Kier molecular flexibility index (Phi) is 5.41. The summed E-state index contributed by atoms with van der Waals surface area (Å²) in [5, 5.41) is 7.60. The highest BCUT2D eigenvalue weighted by Gasteiger charge is 2.22. The number of anilines is 2. The average Bonchev–Trinajstić information content (AvgIpc) is 3.41. The molecule has 35 heavy (non-hydrogen) atoms. The fourth-order valence-electron chi connectivity index (χ4n) is 4.14. The van der Waals surface area contributed by atoms with Crippen LogP contribution in [0, 0.1) is 6.92 Å². The number of benzene rings is 2. The minimum atomic E-state index is -0.215. The molecule has 5 rings (SSSR count). The normalized spacial score (nSPS) is 11.1. The largest absolute Gasteiger partial charge is 0.383 e. The zero-order valence-electron chi connectivity index (χ0n) is 19.7. The first-order chi connectivity index (χ1) is 16.8. The van der Waals surface area contributed by atoms with Crippen LogP contribution in [-0.2, 0) is 11.8 Å². The third-order valence-corrected chi connectivity index (χ3v) is 5.89. The van der Waals surface area contributed by atoms with E-state index in [0.717, 1.165) is 44.7 Å². The van der Waals surface area contributed by atoms with E-state index in [1.54, 1.807) is 6.92 Å². The number of nitrogens with two attached hydrogens (primary N) is 1. The Balaban J connectivity index is 1.64. The molecule has 0 aliphatic rings. The van der Waals surface area contributed by atoms with Crippen molar-refractivity contribution in [2.45, 2.75) is 13.8 Å². The van der Waals surface area contributed by atoms with Gasteiger partial charge in [-0.05, 0) is 37.1 Å². The van der Waals surface area contributed by atoms with E-state index in [1.165, 1.54) is 6.33 Å². The van der Waals surface area contributed by atoms with Crippen molar-refractivity contribution in [2.24, 2.45) is 7.05 Å². The highest BCUT2D eigenvalue weighted by Crippen LogP contribution is 2.42. The van der Waals surface area contributed by atoms with Crippen LogP contribution in [0.15, 0.2) is 77.6 Å². The molecule has 0 radical (unpaired) electrons. The van der Waals surface area contributed by atoms with Crippen molar-refractivity contribution in [1.29, 1.82) is 0 Å². The molecule has 0 spiro atoms. The van der Waals surface area contributed by atoms with Gasteiger partial charge in [-0.15, -0.1) is 0 Å². The lowest BCUT2D eigenvalue weighted by Gasteiger charge is -2.11. The van der Waals surface area contributed by atoms with Crippen LogP contribution < -0.4 is 11.1 Å². The van der Waals surface area contributed by atoms with Crippen LogP contribution in [0.3, 0.4) is 0 Å². The van der Waals surface area contributed by atoms with Crippen molar-refractivity contribution < 1.29 is 9.32 Å². The number of aryl methyl sites for hydroxylation is 2. The SMILES string of the molecule is C=C(C)C(=O)Nc1ccc(-c2c(-c3ccc(-c4cc(C)no4)cc3)c3c(N)ncnc3n2C)cc1. The molecule has 0 aliphatic carbocycles. The second-order valence-corrected chi connectivity index (χ2v) is 8.46. The smallest absolute Gasteiger partial charge is 0.250 e. The van der Waals surface area contributed by atoms with E-state index >= 15 is 0 Å². The zero-order chi connectivity index (χ0) is 24.7. The van der Waals surface area contributed by atoms with E-state index in [9.17, 15) is 4.79 Å². The van der Waals surface area contributed by atoms with Crippen molar-refractivity contribution in [2.75, 3.05) is 11.1 Å². The molecular weight excluding hydrogens is 440 g/mol. The summed E-state index contributed by atoms with van der Waals surface area (Å²) in [6.45, 7) is 7.25. The summed E-state index contributed by atoms with van der Waals surface area (Å²) in [5.41, 5.74) is 13.7. The topological polar surface area (TPSA) is 112 Å². The fourth-order valence-corrected chi connectivity index (χ4v) is 4.14. The number of amides is 1. The summed E-state index contributed by atoms with van der Waals surface area (Å²) in [6, 6.07) is 17.6. The van der Waals surface area contributed by atoms with Crippen LogP contribution in [0.25, 0.3) is 44.7 Å². The molecule has 0 saturated carbocycles. The lowest BCUT2D eigenvalue weighted by molar-refractivity contribution is -0.112. The van der Waals surface area contributed by atoms with Gasteiger partial charge in [-0.2, -0.15) is 0 Å². The zero-order valence-corrected chi connectivity index (χ0v) is 19.7. The Hall–Kier alpha value is -4.72. The maximum absolute atomic E-state index is 12.0. The van der Waals surface area contributed by atoms with Crippen LogP contribution in [0.1, 0.15) is 12.6 Å². The number of carbonyl (C=O) groups is 1. The van der Waals surface area contributed by atoms with Crippen molar-refractivity contribution in [1.82, 2.24) is 19.7 Å². The van der Waals surface area contributed by atoms with E-state index in [4.69, 9.17) is 10.3 Å². The summed E-state index contributed by atoms with van der Waals surface area (Å²) < 4.78 is 7.42. The summed E-state index contributed by atoms with van der Waals surface area (Å²) >= 11 is 0. The van der Waals surface area contributed by atoms with Crippen molar-refractivity contribution in [3.63, 3.8) is 0 Å². The molecule has 0 fully saturated rings. The van der Waals surface area contributed by atoms with Crippen LogP contribution in [0.2, 0.25) is 0 Å². The van der Waals surface area contributed by atoms with E-state index < -0.39 is 0 Å². The molecule has 1 amide bonds. The summed E-state index contributed by atoms with van der Waals surface area (Å²) in [5.74, 6) is 0.905. The average molecular weight is 465 g/mol.